The van der Waals surface area contributed by atoms with Crippen molar-refractivity contribution in [3.05, 3.63) is 70.4 Å². The summed E-state index contributed by atoms with van der Waals surface area (Å²) in [5.74, 6) is 0.619. The SMILES string of the molecule is Cn1c(N2CCOC(c3cccc(CN4CCOCC4)c3)C2)nc(-c2ccncn2)cc1=O. The molecule has 1 atom stereocenters. The van der Waals surface area contributed by atoms with Gasteiger partial charge in [0.2, 0.25) is 5.95 Å². The van der Waals surface area contributed by atoms with Crippen LogP contribution in [0.15, 0.2) is 53.7 Å². The molecule has 0 radical (unpaired) electrons. The molecule has 33 heavy (non-hydrogen) atoms. The van der Waals surface area contributed by atoms with Gasteiger partial charge in [0.15, 0.2) is 0 Å². The Balaban J connectivity index is 1.37. The summed E-state index contributed by atoms with van der Waals surface area (Å²) in [6.45, 7) is 6.25. The van der Waals surface area contributed by atoms with Gasteiger partial charge in [0.25, 0.3) is 5.56 Å². The molecule has 172 valence electrons. The highest BCUT2D eigenvalue weighted by molar-refractivity contribution is 5.55. The zero-order valence-corrected chi connectivity index (χ0v) is 18.8. The lowest BCUT2D eigenvalue weighted by molar-refractivity contribution is 0.0334. The Morgan fingerprint density at radius 3 is 2.76 bits per heavy atom. The summed E-state index contributed by atoms with van der Waals surface area (Å²) in [7, 11) is 1.75. The first-order chi connectivity index (χ1) is 16.2. The molecule has 0 spiro atoms. The van der Waals surface area contributed by atoms with Crippen LogP contribution in [0.1, 0.15) is 17.2 Å². The van der Waals surface area contributed by atoms with Crippen LogP contribution in [-0.4, -0.2) is 70.4 Å². The van der Waals surface area contributed by atoms with Gasteiger partial charge in [-0.3, -0.25) is 14.3 Å². The van der Waals surface area contributed by atoms with E-state index in [0.29, 0.717) is 37.0 Å². The van der Waals surface area contributed by atoms with Crippen LogP contribution in [0.25, 0.3) is 11.4 Å². The first kappa shape index (κ1) is 21.7. The molecule has 2 aliphatic rings. The first-order valence-corrected chi connectivity index (χ1v) is 11.3. The van der Waals surface area contributed by atoms with E-state index in [1.54, 1.807) is 23.9 Å². The maximum atomic E-state index is 12.7. The average molecular weight is 449 g/mol. The van der Waals surface area contributed by atoms with Gasteiger partial charge in [-0.1, -0.05) is 24.3 Å². The third-order valence-electron chi connectivity index (χ3n) is 6.14. The molecular weight excluding hydrogens is 420 g/mol. The standard InChI is InChI=1S/C24H28N6O3/c1-28-23(31)14-21(20-5-6-25-17-26-20)27-24(28)30-9-12-33-22(16-30)19-4-2-3-18(13-19)15-29-7-10-32-11-8-29/h2-6,13-14,17,22H,7-12,15-16H2,1H3. The summed E-state index contributed by atoms with van der Waals surface area (Å²) in [5.41, 5.74) is 3.47. The van der Waals surface area contributed by atoms with Crippen LogP contribution in [0.5, 0.6) is 0 Å². The van der Waals surface area contributed by atoms with Crippen LogP contribution in [0, 0.1) is 0 Å². The fourth-order valence-corrected chi connectivity index (χ4v) is 4.33. The smallest absolute Gasteiger partial charge is 0.255 e. The maximum Gasteiger partial charge on any atom is 0.255 e. The van der Waals surface area contributed by atoms with Gasteiger partial charge in [-0.25, -0.2) is 15.0 Å². The lowest BCUT2D eigenvalue weighted by atomic mass is 10.0. The zero-order valence-electron chi connectivity index (χ0n) is 18.8. The molecule has 9 nitrogen and oxygen atoms in total. The number of nitrogens with zero attached hydrogens (tertiary/aromatic N) is 6. The topological polar surface area (TPSA) is 85.6 Å². The van der Waals surface area contributed by atoms with E-state index in [-0.39, 0.29) is 11.7 Å². The highest BCUT2D eigenvalue weighted by Crippen LogP contribution is 2.26. The van der Waals surface area contributed by atoms with Gasteiger partial charge in [0.1, 0.15) is 12.4 Å². The maximum absolute atomic E-state index is 12.7. The Hall–Kier alpha value is -3.14. The molecule has 4 heterocycles. The van der Waals surface area contributed by atoms with E-state index in [0.717, 1.165) is 38.4 Å². The van der Waals surface area contributed by atoms with E-state index in [2.05, 4.69) is 44.0 Å². The van der Waals surface area contributed by atoms with Gasteiger partial charge < -0.3 is 14.4 Å². The second kappa shape index (κ2) is 9.78. The molecule has 3 aromatic rings. The number of ether oxygens (including phenoxy) is 2. The fraction of sp³-hybridized carbons (Fsp3) is 0.417. The van der Waals surface area contributed by atoms with Crippen LogP contribution in [-0.2, 0) is 23.1 Å². The molecule has 0 amide bonds. The van der Waals surface area contributed by atoms with Gasteiger partial charge in [0.05, 0.1) is 37.8 Å². The van der Waals surface area contributed by atoms with Crippen LogP contribution >= 0.6 is 0 Å². The van der Waals surface area contributed by atoms with Crippen molar-refractivity contribution in [2.45, 2.75) is 12.6 Å². The van der Waals surface area contributed by atoms with Gasteiger partial charge >= 0.3 is 0 Å². The summed E-state index contributed by atoms with van der Waals surface area (Å²) in [5, 5.41) is 0. The number of anilines is 1. The molecule has 0 bridgehead atoms. The quantitative estimate of drug-likeness (QED) is 0.583. The summed E-state index contributed by atoms with van der Waals surface area (Å²) in [4.78, 5) is 30.2. The Kier molecular flexibility index (Phi) is 6.43. The normalized spacial score (nSPS) is 19.5. The summed E-state index contributed by atoms with van der Waals surface area (Å²) in [6.07, 6.45) is 3.02. The molecule has 0 aliphatic carbocycles. The van der Waals surface area contributed by atoms with Gasteiger partial charge in [-0.15, -0.1) is 0 Å². The zero-order chi connectivity index (χ0) is 22.6. The minimum atomic E-state index is -0.121. The summed E-state index contributed by atoms with van der Waals surface area (Å²) < 4.78 is 13.2. The van der Waals surface area contributed by atoms with E-state index in [1.807, 2.05) is 0 Å². The average Bonchev–Trinajstić information content (AvgIpc) is 2.87. The van der Waals surface area contributed by atoms with E-state index < -0.39 is 0 Å². The second-order valence-corrected chi connectivity index (χ2v) is 8.37. The minimum Gasteiger partial charge on any atom is -0.379 e. The van der Waals surface area contributed by atoms with Crippen molar-refractivity contribution in [1.29, 1.82) is 0 Å². The van der Waals surface area contributed by atoms with E-state index in [4.69, 9.17) is 14.5 Å². The van der Waals surface area contributed by atoms with E-state index >= 15 is 0 Å². The highest BCUT2D eigenvalue weighted by Gasteiger charge is 2.25. The third-order valence-corrected chi connectivity index (χ3v) is 6.14. The Labute approximate surface area is 192 Å². The number of morpholine rings is 2. The largest absolute Gasteiger partial charge is 0.379 e. The Morgan fingerprint density at radius 1 is 1.06 bits per heavy atom. The number of benzene rings is 1. The molecule has 0 N–H and O–H groups in total. The molecule has 1 unspecified atom stereocenters. The van der Waals surface area contributed by atoms with Gasteiger partial charge in [0, 0.05) is 45.5 Å². The summed E-state index contributed by atoms with van der Waals surface area (Å²) in [6, 6.07) is 11.9. The minimum absolute atomic E-state index is 0.0944. The third kappa shape index (κ3) is 4.95. The first-order valence-electron chi connectivity index (χ1n) is 11.3. The predicted molar refractivity (Wildman–Crippen MR) is 124 cm³/mol. The van der Waals surface area contributed by atoms with Crippen LogP contribution in [0.2, 0.25) is 0 Å². The monoisotopic (exact) mass is 448 g/mol. The van der Waals surface area contributed by atoms with Crippen molar-refractivity contribution in [2.75, 3.05) is 50.9 Å². The van der Waals surface area contributed by atoms with Gasteiger partial charge in [-0.2, -0.15) is 0 Å². The summed E-state index contributed by atoms with van der Waals surface area (Å²) >= 11 is 0. The van der Waals surface area contributed by atoms with Crippen LogP contribution < -0.4 is 10.5 Å². The second-order valence-electron chi connectivity index (χ2n) is 8.37. The van der Waals surface area contributed by atoms with Crippen molar-refractivity contribution >= 4 is 5.95 Å². The van der Waals surface area contributed by atoms with Crippen molar-refractivity contribution < 1.29 is 9.47 Å². The van der Waals surface area contributed by atoms with Crippen molar-refractivity contribution in [1.82, 2.24) is 24.4 Å². The van der Waals surface area contributed by atoms with Crippen LogP contribution in [0.3, 0.4) is 0 Å². The van der Waals surface area contributed by atoms with E-state index in [1.165, 1.54) is 18.0 Å². The molecule has 2 aliphatic heterocycles. The van der Waals surface area contributed by atoms with Crippen LogP contribution in [0.4, 0.5) is 5.95 Å². The molecular formula is C24H28N6O3. The van der Waals surface area contributed by atoms with Gasteiger partial charge in [-0.05, 0) is 17.2 Å². The molecule has 2 fully saturated rings. The molecule has 9 heteroatoms. The molecule has 2 saturated heterocycles. The Morgan fingerprint density at radius 2 is 1.94 bits per heavy atom. The fourth-order valence-electron chi connectivity index (χ4n) is 4.33. The molecule has 2 aromatic heterocycles. The number of hydrogen-bond donors (Lipinski definition) is 0. The molecule has 0 saturated carbocycles. The number of hydrogen-bond acceptors (Lipinski definition) is 8. The van der Waals surface area contributed by atoms with E-state index in [9.17, 15) is 4.79 Å². The lowest BCUT2D eigenvalue weighted by Crippen LogP contribution is -2.41. The highest BCUT2D eigenvalue weighted by atomic mass is 16.5. The van der Waals surface area contributed by atoms with Crippen molar-refractivity contribution in [3.8, 4) is 11.4 Å². The predicted octanol–water partition coefficient (Wildman–Crippen LogP) is 1.65. The molecule has 1 aromatic carbocycles. The Bertz CT molecular complexity index is 1150. The van der Waals surface area contributed by atoms with Crippen molar-refractivity contribution in [3.63, 3.8) is 0 Å². The molecule has 5 rings (SSSR count). The number of aromatic nitrogens is 4. The van der Waals surface area contributed by atoms with Crippen molar-refractivity contribution in [2.24, 2.45) is 7.05 Å². The lowest BCUT2D eigenvalue weighted by Gasteiger charge is -2.35. The number of rotatable bonds is 5.